The summed E-state index contributed by atoms with van der Waals surface area (Å²) in [6.07, 6.45) is 4.82. The number of fused-ring (bicyclic) bond motifs is 2. The van der Waals surface area contributed by atoms with Crippen molar-refractivity contribution in [3.63, 3.8) is 0 Å². The molecule has 1 aromatic carbocycles. The van der Waals surface area contributed by atoms with Gasteiger partial charge in [0.15, 0.2) is 5.82 Å². The molecule has 8 nitrogen and oxygen atoms in total. The van der Waals surface area contributed by atoms with Crippen LogP contribution in [0, 0.1) is 23.5 Å². The van der Waals surface area contributed by atoms with Crippen molar-refractivity contribution < 1.29 is 13.5 Å². The molecular weight excluding hydrogens is 428 g/mol. The lowest BCUT2D eigenvalue weighted by molar-refractivity contribution is 0.185. The van der Waals surface area contributed by atoms with Crippen LogP contribution in [-0.2, 0) is 11.8 Å². The minimum absolute atomic E-state index is 0.0684. The smallest absolute Gasteiger partial charge is 0.169 e. The molecule has 0 amide bonds. The van der Waals surface area contributed by atoms with E-state index in [9.17, 15) is 8.78 Å². The second-order valence-corrected chi connectivity index (χ2v) is 8.18. The third-order valence-corrected chi connectivity index (χ3v) is 6.08. The Morgan fingerprint density at radius 2 is 2.12 bits per heavy atom. The summed E-state index contributed by atoms with van der Waals surface area (Å²) in [6.45, 7) is 1.41. The number of halogens is 2. The van der Waals surface area contributed by atoms with E-state index in [1.807, 2.05) is 10.7 Å². The minimum atomic E-state index is -0.797. The average Bonchev–Trinajstić information content (AvgIpc) is 3.50. The van der Waals surface area contributed by atoms with Gasteiger partial charge >= 0.3 is 0 Å². The summed E-state index contributed by atoms with van der Waals surface area (Å²) in [7, 11) is 3.36. The Hall–Kier alpha value is -3.55. The second kappa shape index (κ2) is 8.42. The van der Waals surface area contributed by atoms with Gasteiger partial charge in [-0.3, -0.25) is 4.68 Å². The van der Waals surface area contributed by atoms with E-state index in [2.05, 4.69) is 32.2 Å². The first-order chi connectivity index (χ1) is 16.0. The number of benzene rings is 1. The number of ether oxygens (including phenoxy) is 1. The molecule has 0 bridgehead atoms. The topological polar surface area (TPSA) is 95.8 Å². The van der Waals surface area contributed by atoms with Crippen molar-refractivity contribution in [1.29, 1.82) is 0 Å². The van der Waals surface area contributed by atoms with Crippen molar-refractivity contribution in [3.8, 4) is 11.8 Å². The van der Waals surface area contributed by atoms with Crippen molar-refractivity contribution >= 4 is 27.8 Å². The lowest BCUT2D eigenvalue weighted by Gasteiger charge is -2.12. The number of imidazole rings is 1. The first-order valence-electron chi connectivity index (χ1n) is 10.6. The third-order valence-electron chi connectivity index (χ3n) is 6.08. The SMILES string of the molecule is COCC[C@H]1C[C@H](n2nc(C#Cc3c(F)cc4c(ncn4C)c3F)c3c(N)nccc32)CN1. The standard InChI is InChI=1S/C23H23F2N7O/c1-31-12-29-22-19(31)10-16(24)15(21(22)25)3-4-17-20-18(5-7-27-23(20)26)32(30-17)14-9-13(28-11-14)6-8-33-2/h5,7,10,12-14,28H,6,8-9,11H2,1-2H3,(H2,26,27)/t13-,14-/m0/s1. The molecule has 3 aromatic heterocycles. The predicted octanol–water partition coefficient (Wildman–Crippen LogP) is 2.52. The quantitative estimate of drug-likeness (QED) is 0.463. The van der Waals surface area contributed by atoms with E-state index in [0.717, 1.165) is 24.9 Å². The van der Waals surface area contributed by atoms with Gasteiger partial charge in [-0.05, 0) is 24.8 Å². The number of nitrogen functional groups attached to an aromatic ring is 1. The van der Waals surface area contributed by atoms with Crippen LogP contribution in [0.3, 0.4) is 0 Å². The monoisotopic (exact) mass is 451 g/mol. The van der Waals surface area contributed by atoms with E-state index >= 15 is 0 Å². The van der Waals surface area contributed by atoms with Crippen LogP contribution in [-0.4, -0.2) is 50.6 Å². The summed E-state index contributed by atoms with van der Waals surface area (Å²) < 4.78 is 38.2. The van der Waals surface area contributed by atoms with Crippen molar-refractivity contribution in [3.05, 3.63) is 47.5 Å². The normalized spacial score (nSPS) is 18.2. The molecule has 1 saturated heterocycles. The highest BCUT2D eigenvalue weighted by Gasteiger charge is 2.28. The Morgan fingerprint density at radius 1 is 1.27 bits per heavy atom. The average molecular weight is 451 g/mol. The maximum absolute atomic E-state index is 14.9. The van der Waals surface area contributed by atoms with Gasteiger partial charge in [0.2, 0.25) is 0 Å². The minimum Gasteiger partial charge on any atom is -0.385 e. The Balaban J connectivity index is 1.56. The maximum Gasteiger partial charge on any atom is 0.169 e. The fourth-order valence-corrected chi connectivity index (χ4v) is 4.37. The van der Waals surface area contributed by atoms with Gasteiger partial charge in [0.05, 0.1) is 34.4 Å². The predicted molar refractivity (Wildman–Crippen MR) is 120 cm³/mol. The number of nitrogens with two attached hydrogens (primary N) is 1. The van der Waals surface area contributed by atoms with E-state index in [4.69, 9.17) is 10.5 Å². The van der Waals surface area contributed by atoms with Gasteiger partial charge in [-0.25, -0.2) is 18.7 Å². The van der Waals surface area contributed by atoms with Crippen molar-refractivity contribution in [2.45, 2.75) is 24.9 Å². The molecule has 3 N–H and O–H groups in total. The molecule has 0 radical (unpaired) electrons. The molecule has 33 heavy (non-hydrogen) atoms. The molecule has 4 heterocycles. The zero-order valence-corrected chi connectivity index (χ0v) is 18.3. The molecule has 5 rings (SSSR count). The molecule has 1 aliphatic heterocycles. The second-order valence-electron chi connectivity index (χ2n) is 8.18. The van der Waals surface area contributed by atoms with Crippen LogP contribution in [0.25, 0.3) is 21.9 Å². The first-order valence-corrected chi connectivity index (χ1v) is 10.6. The number of rotatable bonds is 4. The summed E-state index contributed by atoms with van der Waals surface area (Å²) >= 11 is 0. The molecule has 0 unspecified atom stereocenters. The zero-order valence-electron chi connectivity index (χ0n) is 18.3. The van der Waals surface area contributed by atoms with Crippen LogP contribution in [0.1, 0.15) is 30.1 Å². The number of hydrogen-bond donors (Lipinski definition) is 2. The van der Waals surface area contributed by atoms with Gasteiger partial charge in [0.25, 0.3) is 0 Å². The molecule has 10 heteroatoms. The lowest BCUT2D eigenvalue weighted by Crippen LogP contribution is -2.22. The van der Waals surface area contributed by atoms with Crippen LogP contribution in [0.4, 0.5) is 14.6 Å². The number of pyridine rings is 1. The fourth-order valence-electron chi connectivity index (χ4n) is 4.37. The van der Waals surface area contributed by atoms with Crippen LogP contribution in [0.2, 0.25) is 0 Å². The molecule has 4 aromatic rings. The molecule has 2 atom stereocenters. The van der Waals surface area contributed by atoms with Crippen LogP contribution in [0.5, 0.6) is 0 Å². The fraction of sp³-hybridized carbons (Fsp3) is 0.348. The summed E-state index contributed by atoms with van der Waals surface area (Å²) in [6, 6.07) is 3.46. The Morgan fingerprint density at radius 3 is 2.94 bits per heavy atom. The third kappa shape index (κ3) is 3.69. The largest absolute Gasteiger partial charge is 0.385 e. The molecule has 1 aliphatic rings. The first kappa shape index (κ1) is 21.3. The van der Waals surface area contributed by atoms with E-state index in [1.54, 1.807) is 24.9 Å². The molecule has 1 fully saturated rings. The van der Waals surface area contributed by atoms with Crippen molar-refractivity contribution in [1.82, 2.24) is 29.6 Å². The highest BCUT2D eigenvalue weighted by Crippen LogP contribution is 2.30. The Labute approximate surface area is 188 Å². The van der Waals surface area contributed by atoms with E-state index < -0.39 is 11.6 Å². The summed E-state index contributed by atoms with van der Waals surface area (Å²) in [5, 5.41) is 8.74. The van der Waals surface area contributed by atoms with Gasteiger partial charge in [-0.2, -0.15) is 5.10 Å². The molecule has 0 saturated carbocycles. The highest BCUT2D eigenvalue weighted by molar-refractivity contribution is 5.93. The van der Waals surface area contributed by atoms with Gasteiger partial charge < -0.3 is 20.4 Å². The van der Waals surface area contributed by atoms with E-state index in [0.29, 0.717) is 29.2 Å². The van der Waals surface area contributed by atoms with Crippen LogP contribution in [0.15, 0.2) is 24.7 Å². The highest BCUT2D eigenvalue weighted by atomic mass is 19.1. The summed E-state index contributed by atoms with van der Waals surface area (Å²) in [5.74, 6) is 4.16. The number of nitrogens with zero attached hydrogens (tertiary/aromatic N) is 5. The van der Waals surface area contributed by atoms with Gasteiger partial charge in [-0.1, -0.05) is 5.92 Å². The lowest BCUT2D eigenvalue weighted by atomic mass is 10.1. The Bertz CT molecular complexity index is 1420. The zero-order chi connectivity index (χ0) is 23.1. The summed E-state index contributed by atoms with van der Waals surface area (Å²) in [4.78, 5) is 8.17. The number of hydrogen-bond acceptors (Lipinski definition) is 6. The number of aryl methyl sites for hydroxylation is 1. The van der Waals surface area contributed by atoms with Crippen LogP contribution >= 0.6 is 0 Å². The van der Waals surface area contributed by atoms with Gasteiger partial charge in [0.1, 0.15) is 22.8 Å². The van der Waals surface area contributed by atoms with Crippen LogP contribution < -0.4 is 11.1 Å². The van der Waals surface area contributed by atoms with Gasteiger partial charge in [0, 0.05) is 45.6 Å². The number of aromatic nitrogens is 5. The van der Waals surface area contributed by atoms with Gasteiger partial charge in [-0.15, -0.1) is 0 Å². The van der Waals surface area contributed by atoms with E-state index in [-0.39, 0.29) is 22.9 Å². The van der Waals surface area contributed by atoms with E-state index in [1.165, 1.54) is 12.4 Å². The molecule has 0 spiro atoms. The number of nitrogens with one attached hydrogen (secondary N) is 1. The molecule has 170 valence electrons. The Kier molecular flexibility index (Phi) is 5.44. The van der Waals surface area contributed by atoms with Crippen molar-refractivity contribution in [2.24, 2.45) is 7.05 Å². The van der Waals surface area contributed by atoms with Crippen molar-refractivity contribution in [2.75, 3.05) is 26.0 Å². The maximum atomic E-state index is 14.9. The summed E-state index contributed by atoms with van der Waals surface area (Å²) in [5.41, 5.74) is 7.33. The molecule has 0 aliphatic carbocycles. The molecular formula is C23H23F2N7O. The number of anilines is 1. The number of methoxy groups -OCH3 is 1.